The van der Waals surface area contributed by atoms with Gasteiger partial charge in [0.15, 0.2) is 0 Å². The number of carbonyl (C=O) groups excluding carboxylic acids is 2. The monoisotopic (exact) mass is 569 g/mol. The average molecular weight is 570 g/mol. The summed E-state index contributed by atoms with van der Waals surface area (Å²) in [4.78, 5) is 28.3. The number of halogens is 1. The molecule has 0 saturated carbocycles. The second kappa shape index (κ2) is 13.9. The molecule has 3 rings (SSSR count). The van der Waals surface area contributed by atoms with E-state index in [1.165, 1.54) is 29.2 Å². The van der Waals surface area contributed by atoms with E-state index in [0.29, 0.717) is 29.9 Å². The van der Waals surface area contributed by atoms with Crippen LogP contribution in [0.1, 0.15) is 39.2 Å². The number of rotatable bonds is 13. The van der Waals surface area contributed by atoms with Gasteiger partial charge in [-0.2, -0.15) is 0 Å². The first-order valence-electron chi connectivity index (χ1n) is 13.2. The molecule has 0 saturated heterocycles. The largest absolute Gasteiger partial charge is 0.457 e. The van der Waals surface area contributed by atoms with Gasteiger partial charge >= 0.3 is 0 Å². The van der Waals surface area contributed by atoms with Crippen molar-refractivity contribution in [2.24, 2.45) is 0 Å². The Balaban J connectivity index is 1.89. The van der Waals surface area contributed by atoms with Gasteiger partial charge in [-0.3, -0.25) is 13.9 Å². The lowest BCUT2D eigenvalue weighted by molar-refractivity contribution is -0.140. The Kier molecular flexibility index (Phi) is 10.7. The number of nitrogens with zero attached hydrogens (tertiary/aromatic N) is 2. The predicted molar refractivity (Wildman–Crippen MR) is 154 cm³/mol. The highest BCUT2D eigenvalue weighted by Gasteiger charge is 2.32. The molecule has 0 fully saturated rings. The van der Waals surface area contributed by atoms with Crippen LogP contribution in [0.15, 0.2) is 78.9 Å². The summed E-state index contributed by atoms with van der Waals surface area (Å²) in [7, 11) is -3.88. The number of anilines is 1. The molecule has 0 unspecified atom stereocenters. The number of hydrogen-bond donors (Lipinski definition) is 1. The molecule has 0 radical (unpaired) electrons. The maximum atomic E-state index is 13.8. The third kappa shape index (κ3) is 8.54. The number of hydrogen-bond acceptors (Lipinski definition) is 5. The van der Waals surface area contributed by atoms with Crippen molar-refractivity contribution in [2.75, 3.05) is 17.1 Å². The standard InChI is InChI=1S/C30H36FN3O5S/c1-5-22(3)32-30(36)28(6-2)33(20-23-12-14-24(31)15-13-23)29(35)21-34(40(4,37)38)25-16-18-27(19-17-25)39-26-10-8-7-9-11-26/h7-19,22,28H,5-6,20-21H2,1-4H3,(H,32,36)/t22-,28-/m1/s1. The second-order valence-corrected chi connectivity index (χ2v) is 11.5. The van der Waals surface area contributed by atoms with E-state index in [1.54, 1.807) is 43.3 Å². The minimum atomic E-state index is -3.88. The molecule has 2 atom stereocenters. The zero-order valence-electron chi connectivity index (χ0n) is 23.2. The van der Waals surface area contributed by atoms with Crippen molar-refractivity contribution in [2.45, 2.75) is 52.2 Å². The third-order valence-corrected chi connectivity index (χ3v) is 7.58. The maximum Gasteiger partial charge on any atom is 0.244 e. The molecule has 0 aliphatic carbocycles. The Morgan fingerprint density at radius 1 is 0.900 bits per heavy atom. The normalized spacial score (nSPS) is 12.7. The summed E-state index contributed by atoms with van der Waals surface area (Å²) in [6.45, 7) is 5.07. The van der Waals surface area contributed by atoms with Gasteiger partial charge in [-0.25, -0.2) is 12.8 Å². The van der Waals surface area contributed by atoms with Crippen LogP contribution < -0.4 is 14.4 Å². The summed E-state index contributed by atoms with van der Waals surface area (Å²) in [6.07, 6.45) is 2.03. The van der Waals surface area contributed by atoms with Crippen molar-refractivity contribution in [1.29, 1.82) is 0 Å². The van der Waals surface area contributed by atoms with Crippen LogP contribution in [-0.2, 0) is 26.2 Å². The van der Waals surface area contributed by atoms with Crippen LogP contribution in [0.4, 0.5) is 10.1 Å². The summed E-state index contributed by atoms with van der Waals surface area (Å²) in [6, 6.07) is 20.2. The van der Waals surface area contributed by atoms with Crippen LogP contribution >= 0.6 is 0 Å². The quantitative estimate of drug-likeness (QED) is 0.309. The fraction of sp³-hybridized carbons (Fsp3) is 0.333. The van der Waals surface area contributed by atoms with Crippen LogP contribution in [0.3, 0.4) is 0 Å². The lowest BCUT2D eigenvalue weighted by atomic mass is 10.1. The zero-order chi connectivity index (χ0) is 29.3. The van der Waals surface area contributed by atoms with Gasteiger partial charge in [0.05, 0.1) is 11.9 Å². The molecule has 0 aromatic heterocycles. The van der Waals surface area contributed by atoms with Crippen molar-refractivity contribution >= 4 is 27.5 Å². The second-order valence-electron chi connectivity index (χ2n) is 9.57. The topological polar surface area (TPSA) is 96.0 Å². The van der Waals surface area contributed by atoms with E-state index in [1.807, 2.05) is 32.0 Å². The molecule has 3 aromatic carbocycles. The molecule has 0 aliphatic rings. The average Bonchev–Trinajstić information content (AvgIpc) is 2.93. The van der Waals surface area contributed by atoms with E-state index in [0.717, 1.165) is 10.6 Å². The van der Waals surface area contributed by atoms with Gasteiger partial charge < -0.3 is 15.0 Å². The molecule has 8 nitrogen and oxygen atoms in total. The number of sulfonamides is 1. The minimum Gasteiger partial charge on any atom is -0.457 e. The highest BCUT2D eigenvalue weighted by Crippen LogP contribution is 2.26. The van der Waals surface area contributed by atoms with Gasteiger partial charge in [-0.15, -0.1) is 0 Å². The first-order valence-corrected chi connectivity index (χ1v) is 15.0. The molecule has 0 heterocycles. The summed E-state index contributed by atoms with van der Waals surface area (Å²) in [5.41, 5.74) is 0.882. The molecule has 0 bridgehead atoms. The minimum absolute atomic E-state index is 0.00695. The smallest absolute Gasteiger partial charge is 0.244 e. The van der Waals surface area contributed by atoms with Crippen molar-refractivity contribution in [3.05, 3.63) is 90.2 Å². The third-order valence-electron chi connectivity index (χ3n) is 6.44. The van der Waals surface area contributed by atoms with E-state index in [4.69, 9.17) is 4.74 Å². The van der Waals surface area contributed by atoms with Crippen molar-refractivity contribution in [3.63, 3.8) is 0 Å². The Morgan fingerprint density at radius 2 is 1.50 bits per heavy atom. The number of amides is 2. The van der Waals surface area contributed by atoms with Gasteiger partial charge in [0, 0.05) is 12.6 Å². The van der Waals surface area contributed by atoms with Crippen LogP contribution in [-0.4, -0.2) is 50.0 Å². The molecule has 40 heavy (non-hydrogen) atoms. The Bertz CT molecular complexity index is 1370. The molecular weight excluding hydrogens is 533 g/mol. The molecule has 0 spiro atoms. The number of nitrogens with one attached hydrogen (secondary N) is 1. The highest BCUT2D eigenvalue weighted by molar-refractivity contribution is 7.92. The van der Waals surface area contributed by atoms with Crippen molar-refractivity contribution in [3.8, 4) is 11.5 Å². The zero-order valence-corrected chi connectivity index (χ0v) is 24.0. The van der Waals surface area contributed by atoms with E-state index in [9.17, 15) is 22.4 Å². The first kappa shape index (κ1) is 30.6. The lowest BCUT2D eigenvalue weighted by Crippen LogP contribution is -2.53. The van der Waals surface area contributed by atoms with Crippen molar-refractivity contribution < 1.29 is 27.1 Å². The van der Waals surface area contributed by atoms with E-state index in [-0.39, 0.29) is 24.2 Å². The Labute approximate surface area is 235 Å². The van der Waals surface area contributed by atoms with Crippen LogP contribution in [0.5, 0.6) is 11.5 Å². The predicted octanol–water partition coefficient (Wildman–Crippen LogP) is 5.11. The lowest BCUT2D eigenvalue weighted by Gasteiger charge is -2.33. The molecule has 3 aromatic rings. The van der Waals surface area contributed by atoms with Crippen LogP contribution in [0.2, 0.25) is 0 Å². The summed E-state index contributed by atoms with van der Waals surface area (Å²) >= 11 is 0. The number of benzene rings is 3. The van der Waals surface area contributed by atoms with Crippen molar-refractivity contribution in [1.82, 2.24) is 10.2 Å². The number of ether oxygens (including phenoxy) is 1. The molecule has 2 amide bonds. The van der Waals surface area contributed by atoms with Gasteiger partial charge in [0.1, 0.15) is 29.9 Å². The van der Waals surface area contributed by atoms with Gasteiger partial charge in [0.25, 0.3) is 0 Å². The van der Waals surface area contributed by atoms with E-state index >= 15 is 0 Å². The molecular formula is C30H36FN3O5S. The molecule has 10 heteroatoms. The highest BCUT2D eigenvalue weighted by atomic mass is 32.2. The summed E-state index contributed by atoms with van der Waals surface area (Å²) in [5.74, 6) is -0.194. The molecule has 0 aliphatic heterocycles. The first-order chi connectivity index (χ1) is 19.0. The molecule has 1 N–H and O–H groups in total. The van der Waals surface area contributed by atoms with E-state index < -0.39 is 34.3 Å². The van der Waals surface area contributed by atoms with Crippen LogP contribution in [0, 0.1) is 5.82 Å². The summed E-state index contributed by atoms with van der Waals surface area (Å²) < 4.78 is 46.0. The van der Waals surface area contributed by atoms with Crippen LogP contribution in [0.25, 0.3) is 0 Å². The SMILES string of the molecule is CC[C@@H](C)NC(=O)[C@@H](CC)N(Cc1ccc(F)cc1)C(=O)CN(c1ccc(Oc2ccccc2)cc1)S(C)(=O)=O. The Morgan fingerprint density at radius 3 is 2.05 bits per heavy atom. The fourth-order valence-electron chi connectivity index (χ4n) is 4.07. The number of para-hydroxylation sites is 1. The molecule has 214 valence electrons. The van der Waals surface area contributed by atoms with E-state index in [2.05, 4.69) is 5.32 Å². The van der Waals surface area contributed by atoms with Gasteiger partial charge in [0.2, 0.25) is 21.8 Å². The maximum absolute atomic E-state index is 13.8. The number of carbonyl (C=O) groups is 2. The van der Waals surface area contributed by atoms with Gasteiger partial charge in [-0.05, 0) is 73.9 Å². The Hall–Kier alpha value is -3.92. The summed E-state index contributed by atoms with van der Waals surface area (Å²) in [5, 5.41) is 2.91. The fourth-order valence-corrected chi connectivity index (χ4v) is 4.92. The van der Waals surface area contributed by atoms with Gasteiger partial charge in [-0.1, -0.05) is 44.2 Å².